The normalized spacial score (nSPS) is 10.9. The molecule has 0 saturated carbocycles. The van der Waals surface area contributed by atoms with Crippen molar-refractivity contribution < 1.29 is 10.2 Å². The van der Waals surface area contributed by atoms with Gasteiger partial charge in [0.05, 0.1) is 25.1 Å². The minimum atomic E-state index is -0.363. The van der Waals surface area contributed by atoms with Crippen LogP contribution in [0.4, 0.5) is 0 Å². The van der Waals surface area contributed by atoms with Crippen molar-refractivity contribution in [1.29, 1.82) is 0 Å². The summed E-state index contributed by atoms with van der Waals surface area (Å²) in [6.07, 6.45) is 0. The van der Waals surface area contributed by atoms with E-state index in [1.165, 1.54) is 12.1 Å². The number of rotatable bonds is 1. The third kappa shape index (κ3) is 2.61. The second-order valence-corrected chi connectivity index (χ2v) is 6.09. The van der Waals surface area contributed by atoms with Crippen LogP contribution >= 0.6 is 69.6 Å². The molecule has 2 aromatic rings. The van der Waals surface area contributed by atoms with Gasteiger partial charge < -0.3 is 10.2 Å². The topological polar surface area (TPSA) is 40.5 Å². The fourth-order valence-corrected chi connectivity index (χ4v) is 3.00. The first kappa shape index (κ1) is 16.2. The Morgan fingerprint density at radius 3 is 1.85 bits per heavy atom. The van der Waals surface area contributed by atoms with E-state index in [-0.39, 0.29) is 52.8 Å². The molecule has 20 heavy (non-hydrogen) atoms. The van der Waals surface area contributed by atoms with Gasteiger partial charge in [-0.3, -0.25) is 0 Å². The van der Waals surface area contributed by atoms with Crippen LogP contribution in [0, 0.1) is 0 Å². The lowest BCUT2D eigenvalue weighted by atomic mass is 10.0. The van der Waals surface area contributed by atoms with Crippen molar-refractivity contribution in [2.45, 2.75) is 0 Å². The van der Waals surface area contributed by atoms with Gasteiger partial charge in [0, 0.05) is 17.2 Å². The molecule has 106 valence electrons. The van der Waals surface area contributed by atoms with Gasteiger partial charge in [-0.25, -0.2) is 0 Å². The van der Waals surface area contributed by atoms with Gasteiger partial charge in [-0.1, -0.05) is 69.6 Å². The van der Waals surface area contributed by atoms with Gasteiger partial charge in [0.25, 0.3) is 0 Å². The summed E-state index contributed by atoms with van der Waals surface area (Å²) >= 11 is 35.6. The highest BCUT2D eigenvalue weighted by Gasteiger charge is 2.22. The van der Waals surface area contributed by atoms with E-state index in [0.717, 1.165) is 0 Å². The van der Waals surface area contributed by atoms with Crippen molar-refractivity contribution in [2.24, 2.45) is 0 Å². The highest BCUT2D eigenvalue weighted by atomic mass is 35.5. The maximum atomic E-state index is 9.99. The van der Waals surface area contributed by atoms with Crippen LogP contribution in [0.5, 0.6) is 11.5 Å². The van der Waals surface area contributed by atoms with E-state index in [4.69, 9.17) is 69.6 Å². The SMILES string of the molecule is Oc1cc(Cl)c(Cl)c(Cl)c1-c1cc(Cl)c(O)c(Cl)c1Cl. The van der Waals surface area contributed by atoms with Gasteiger partial charge >= 0.3 is 0 Å². The van der Waals surface area contributed by atoms with E-state index in [1.54, 1.807) is 0 Å². The number of phenolic OH excluding ortho intramolecular Hbond substituents is 2. The molecular weight excluding hydrogens is 389 g/mol. The van der Waals surface area contributed by atoms with E-state index >= 15 is 0 Å². The first-order valence-corrected chi connectivity index (χ1v) is 7.25. The maximum Gasteiger partial charge on any atom is 0.154 e. The quantitative estimate of drug-likeness (QED) is 0.419. The lowest BCUT2D eigenvalue weighted by molar-refractivity contribution is 0.474. The summed E-state index contributed by atoms with van der Waals surface area (Å²) in [5.41, 5.74) is 0.343. The molecule has 8 heteroatoms. The van der Waals surface area contributed by atoms with E-state index in [9.17, 15) is 10.2 Å². The maximum absolute atomic E-state index is 9.99. The third-order valence-electron chi connectivity index (χ3n) is 2.55. The summed E-state index contributed by atoms with van der Waals surface area (Å²) < 4.78 is 0. The molecule has 0 bridgehead atoms. The van der Waals surface area contributed by atoms with E-state index in [0.29, 0.717) is 0 Å². The summed E-state index contributed by atoms with van der Waals surface area (Å²) in [7, 11) is 0. The van der Waals surface area contributed by atoms with Crippen LogP contribution in [0.2, 0.25) is 30.1 Å². The second-order valence-electron chi connectivity index (χ2n) is 3.76. The minimum absolute atomic E-state index is 0.00334. The number of phenols is 2. The standard InChI is InChI=1S/C12H4Cl6O2/c13-4-2-6(19)7(10(17)9(4)16)3-1-5(14)12(20)11(18)8(3)15/h1-2,19-20H. The molecular formula is C12H4Cl6O2. The Morgan fingerprint density at radius 2 is 1.25 bits per heavy atom. The summed E-state index contributed by atoms with van der Waals surface area (Å²) in [5, 5.41) is 19.5. The zero-order valence-corrected chi connectivity index (χ0v) is 13.9. The van der Waals surface area contributed by atoms with Crippen molar-refractivity contribution >= 4 is 69.6 Å². The van der Waals surface area contributed by atoms with Gasteiger partial charge in [0.15, 0.2) is 5.75 Å². The molecule has 0 fully saturated rings. The lowest BCUT2D eigenvalue weighted by Crippen LogP contribution is -1.87. The van der Waals surface area contributed by atoms with Crippen molar-refractivity contribution in [3.8, 4) is 22.6 Å². The molecule has 2 nitrogen and oxygen atoms in total. The van der Waals surface area contributed by atoms with Gasteiger partial charge in [-0.05, 0) is 6.07 Å². The molecule has 0 aliphatic rings. The van der Waals surface area contributed by atoms with Crippen LogP contribution in [-0.4, -0.2) is 10.2 Å². The highest BCUT2D eigenvalue weighted by Crippen LogP contribution is 2.50. The van der Waals surface area contributed by atoms with Crippen LogP contribution in [0.15, 0.2) is 12.1 Å². The van der Waals surface area contributed by atoms with Crippen LogP contribution in [0.25, 0.3) is 11.1 Å². The average Bonchev–Trinajstić information content (AvgIpc) is 2.39. The zero-order chi connectivity index (χ0) is 15.2. The lowest BCUT2D eigenvalue weighted by Gasteiger charge is -2.14. The zero-order valence-electron chi connectivity index (χ0n) is 9.32. The fraction of sp³-hybridized carbons (Fsp3) is 0. The molecule has 2 N–H and O–H groups in total. The molecule has 2 rings (SSSR count). The van der Waals surface area contributed by atoms with Crippen molar-refractivity contribution in [1.82, 2.24) is 0 Å². The Morgan fingerprint density at radius 1 is 0.650 bits per heavy atom. The number of hydrogen-bond acceptors (Lipinski definition) is 2. The number of benzene rings is 2. The van der Waals surface area contributed by atoms with Crippen molar-refractivity contribution in [3.63, 3.8) is 0 Å². The summed E-state index contributed by atoms with van der Waals surface area (Å²) in [5.74, 6) is -0.609. The van der Waals surface area contributed by atoms with Gasteiger partial charge in [-0.2, -0.15) is 0 Å². The highest BCUT2D eigenvalue weighted by molar-refractivity contribution is 6.50. The molecule has 2 aromatic carbocycles. The molecule has 0 amide bonds. The van der Waals surface area contributed by atoms with E-state index in [2.05, 4.69) is 0 Å². The Labute approximate surface area is 144 Å². The van der Waals surface area contributed by atoms with Crippen LogP contribution in [0.1, 0.15) is 0 Å². The Kier molecular flexibility index (Phi) is 4.75. The van der Waals surface area contributed by atoms with Gasteiger partial charge in [0.1, 0.15) is 10.8 Å². The van der Waals surface area contributed by atoms with Gasteiger partial charge in [0.2, 0.25) is 0 Å². The first-order valence-electron chi connectivity index (χ1n) is 4.99. The molecule has 0 heterocycles. The molecule has 0 aliphatic heterocycles. The monoisotopic (exact) mass is 390 g/mol. The molecule has 0 spiro atoms. The molecule has 0 atom stereocenters. The van der Waals surface area contributed by atoms with E-state index < -0.39 is 0 Å². The second kappa shape index (κ2) is 5.88. The summed E-state index contributed by atoms with van der Waals surface area (Å²) in [6, 6.07) is 2.53. The minimum Gasteiger partial charge on any atom is -0.507 e. The molecule has 0 saturated heterocycles. The molecule has 0 aromatic heterocycles. The van der Waals surface area contributed by atoms with E-state index in [1.807, 2.05) is 0 Å². The first-order chi connectivity index (χ1) is 9.25. The van der Waals surface area contributed by atoms with Crippen LogP contribution in [-0.2, 0) is 0 Å². The Hall–Kier alpha value is -0.220. The van der Waals surface area contributed by atoms with Crippen LogP contribution in [0.3, 0.4) is 0 Å². The largest absolute Gasteiger partial charge is 0.507 e. The number of hydrogen-bond donors (Lipinski definition) is 2. The summed E-state index contributed by atoms with van der Waals surface area (Å²) in [6.45, 7) is 0. The number of aromatic hydroxyl groups is 2. The number of halogens is 6. The van der Waals surface area contributed by atoms with Crippen LogP contribution < -0.4 is 0 Å². The predicted molar refractivity (Wildman–Crippen MR) is 85.3 cm³/mol. The fourth-order valence-electron chi connectivity index (χ4n) is 1.61. The molecule has 0 aliphatic carbocycles. The molecule has 0 radical (unpaired) electrons. The Bertz CT molecular complexity index is 714. The molecule has 0 unspecified atom stereocenters. The van der Waals surface area contributed by atoms with Crippen molar-refractivity contribution in [2.75, 3.05) is 0 Å². The predicted octanol–water partition coefficient (Wildman–Crippen LogP) is 6.69. The Balaban J connectivity index is 2.86. The summed E-state index contributed by atoms with van der Waals surface area (Å²) in [4.78, 5) is 0. The van der Waals surface area contributed by atoms with Crippen molar-refractivity contribution in [3.05, 3.63) is 42.3 Å². The average molecular weight is 393 g/mol. The smallest absolute Gasteiger partial charge is 0.154 e. The third-order valence-corrected chi connectivity index (χ3v) is 4.95. The van der Waals surface area contributed by atoms with Gasteiger partial charge in [-0.15, -0.1) is 0 Å².